The molecule has 110 valence electrons. The summed E-state index contributed by atoms with van der Waals surface area (Å²) >= 11 is 0. The molecule has 0 aliphatic rings. The summed E-state index contributed by atoms with van der Waals surface area (Å²) in [5, 5.41) is 0. The largest absolute Gasteiger partial charge is 0.382 e. The van der Waals surface area contributed by atoms with Gasteiger partial charge in [-0.25, -0.2) is 0 Å². The van der Waals surface area contributed by atoms with Gasteiger partial charge in [0, 0.05) is 13.5 Å². The molecule has 0 aromatic heterocycles. The van der Waals surface area contributed by atoms with Crippen LogP contribution in [-0.2, 0) is 14.2 Å². The fourth-order valence-corrected chi connectivity index (χ4v) is 2.11. The molecule has 0 aromatic carbocycles. The van der Waals surface area contributed by atoms with E-state index < -0.39 is 0 Å². The van der Waals surface area contributed by atoms with Gasteiger partial charge in [0.2, 0.25) is 0 Å². The highest BCUT2D eigenvalue weighted by Crippen LogP contribution is 2.07. The average molecular weight is 262 g/mol. The Hall–Kier alpha value is -0.160. The van der Waals surface area contributed by atoms with E-state index in [1.165, 1.54) is 30.7 Å². The first-order valence-electron chi connectivity index (χ1n) is 7.24. The van der Waals surface area contributed by atoms with Crippen molar-refractivity contribution < 1.29 is 18.7 Å². The van der Waals surface area contributed by atoms with Crippen molar-refractivity contribution in [2.75, 3.05) is 66.3 Å². The van der Waals surface area contributed by atoms with Crippen LogP contribution in [0.1, 0.15) is 27.2 Å². The van der Waals surface area contributed by atoms with Crippen molar-refractivity contribution in [2.24, 2.45) is 0 Å². The smallest absolute Gasteiger partial charge is 0.0808 e. The van der Waals surface area contributed by atoms with Crippen molar-refractivity contribution in [3.63, 3.8) is 0 Å². The second-order valence-corrected chi connectivity index (χ2v) is 4.59. The van der Waals surface area contributed by atoms with Crippen LogP contribution in [0.3, 0.4) is 0 Å². The first kappa shape index (κ1) is 17.8. The SMILES string of the molecule is CC[N+](CC)(CC)CCCOCCOCCOC. The van der Waals surface area contributed by atoms with Crippen LogP contribution >= 0.6 is 0 Å². The first-order valence-corrected chi connectivity index (χ1v) is 7.24. The number of methoxy groups -OCH3 is 1. The van der Waals surface area contributed by atoms with Crippen molar-refractivity contribution in [3.8, 4) is 0 Å². The van der Waals surface area contributed by atoms with Gasteiger partial charge in [-0.1, -0.05) is 0 Å². The molecule has 0 aliphatic heterocycles. The Morgan fingerprint density at radius 1 is 0.722 bits per heavy atom. The van der Waals surface area contributed by atoms with E-state index >= 15 is 0 Å². The van der Waals surface area contributed by atoms with Crippen LogP contribution in [0.2, 0.25) is 0 Å². The van der Waals surface area contributed by atoms with Gasteiger partial charge < -0.3 is 18.7 Å². The number of quaternary nitrogens is 1. The summed E-state index contributed by atoms with van der Waals surface area (Å²) in [5.74, 6) is 0. The predicted octanol–water partition coefficient (Wildman–Crippen LogP) is 1.93. The molecule has 0 saturated heterocycles. The second-order valence-electron chi connectivity index (χ2n) is 4.59. The van der Waals surface area contributed by atoms with E-state index in [1.807, 2.05) is 0 Å². The van der Waals surface area contributed by atoms with Crippen molar-refractivity contribution in [1.82, 2.24) is 0 Å². The molecular weight excluding hydrogens is 230 g/mol. The Bertz CT molecular complexity index is 164. The molecule has 0 aliphatic carbocycles. The van der Waals surface area contributed by atoms with Crippen molar-refractivity contribution in [3.05, 3.63) is 0 Å². The molecule has 0 fully saturated rings. The Labute approximate surface area is 113 Å². The number of rotatable bonds is 13. The van der Waals surface area contributed by atoms with Gasteiger partial charge in [-0.05, 0) is 20.8 Å². The quantitative estimate of drug-likeness (QED) is 0.375. The predicted molar refractivity (Wildman–Crippen MR) is 74.9 cm³/mol. The van der Waals surface area contributed by atoms with Crippen LogP contribution in [0.4, 0.5) is 0 Å². The molecule has 0 rings (SSSR count). The topological polar surface area (TPSA) is 27.7 Å². The highest BCUT2D eigenvalue weighted by Gasteiger charge is 2.19. The Morgan fingerprint density at radius 2 is 1.22 bits per heavy atom. The highest BCUT2D eigenvalue weighted by molar-refractivity contribution is 4.41. The minimum Gasteiger partial charge on any atom is -0.382 e. The lowest BCUT2D eigenvalue weighted by Crippen LogP contribution is -2.48. The summed E-state index contributed by atoms with van der Waals surface area (Å²) in [6.45, 7) is 15.2. The van der Waals surface area contributed by atoms with Crippen LogP contribution < -0.4 is 0 Å². The summed E-state index contributed by atoms with van der Waals surface area (Å²) in [4.78, 5) is 0. The average Bonchev–Trinajstić information content (AvgIpc) is 2.42. The van der Waals surface area contributed by atoms with Crippen molar-refractivity contribution in [1.29, 1.82) is 0 Å². The zero-order valence-electron chi connectivity index (χ0n) is 12.7. The number of hydrogen-bond donors (Lipinski definition) is 0. The maximum atomic E-state index is 5.57. The van der Waals surface area contributed by atoms with Gasteiger partial charge in [-0.3, -0.25) is 0 Å². The number of hydrogen-bond acceptors (Lipinski definition) is 3. The fraction of sp³-hybridized carbons (Fsp3) is 1.00. The molecule has 0 radical (unpaired) electrons. The Balaban J connectivity index is 3.38. The van der Waals surface area contributed by atoms with Crippen LogP contribution in [0.15, 0.2) is 0 Å². The van der Waals surface area contributed by atoms with Crippen LogP contribution in [0, 0.1) is 0 Å². The molecular formula is C14H32NO3+. The van der Waals surface area contributed by atoms with Gasteiger partial charge >= 0.3 is 0 Å². The Morgan fingerprint density at radius 3 is 1.72 bits per heavy atom. The van der Waals surface area contributed by atoms with Crippen molar-refractivity contribution >= 4 is 0 Å². The maximum Gasteiger partial charge on any atom is 0.0808 e. The molecule has 0 saturated carbocycles. The van der Waals surface area contributed by atoms with E-state index in [9.17, 15) is 0 Å². The minimum absolute atomic E-state index is 0.654. The normalized spacial score (nSPS) is 12.0. The third kappa shape index (κ3) is 8.03. The number of nitrogens with zero attached hydrogens (tertiary/aromatic N) is 1. The molecule has 0 spiro atoms. The second kappa shape index (κ2) is 11.9. The van der Waals surface area contributed by atoms with Crippen molar-refractivity contribution in [2.45, 2.75) is 27.2 Å². The van der Waals surface area contributed by atoms with Gasteiger partial charge in [0.15, 0.2) is 0 Å². The molecule has 0 atom stereocenters. The maximum absolute atomic E-state index is 5.57. The highest BCUT2D eigenvalue weighted by atomic mass is 16.5. The molecule has 0 heterocycles. The van der Waals surface area contributed by atoms with E-state index in [4.69, 9.17) is 14.2 Å². The molecule has 0 N–H and O–H groups in total. The Kier molecular flexibility index (Phi) is 11.8. The molecule has 0 aromatic rings. The van der Waals surface area contributed by atoms with Crippen LogP contribution in [-0.4, -0.2) is 70.8 Å². The molecule has 4 heteroatoms. The summed E-state index contributed by atoms with van der Waals surface area (Å²) in [7, 11) is 1.68. The van der Waals surface area contributed by atoms with E-state index in [-0.39, 0.29) is 0 Å². The summed E-state index contributed by atoms with van der Waals surface area (Å²) in [6, 6.07) is 0. The van der Waals surface area contributed by atoms with Gasteiger partial charge in [0.05, 0.1) is 59.2 Å². The lowest BCUT2D eigenvalue weighted by Gasteiger charge is -2.35. The molecule has 18 heavy (non-hydrogen) atoms. The van der Waals surface area contributed by atoms with E-state index in [0.29, 0.717) is 26.4 Å². The zero-order valence-corrected chi connectivity index (χ0v) is 12.7. The minimum atomic E-state index is 0.654. The first-order chi connectivity index (χ1) is 8.74. The third-order valence-electron chi connectivity index (χ3n) is 3.74. The molecule has 0 unspecified atom stereocenters. The monoisotopic (exact) mass is 262 g/mol. The standard InChI is InChI=1S/C14H32NO3/c1-5-15(6-2,7-3)9-8-10-17-13-14-18-12-11-16-4/h5-14H2,1-4H3/q+1. The lowest BCUT2D eigenvalue weighted by atomic mass is 10.3. The third-order valence-corrected chi connectivity index (χ3v) is 3.74. The van der Waals surface area contributed by atoms with Gasteiger partial charge in [0.25, 0.3) is 0 Å². The zero-order chi connectivity index (χ0) is 13.7. The molecule has 0 amide bonds. The molecule has 4 nitrogen and oxygen atoms in total. The summed E-state index contributed by atoms with van der Waals surface area (Å²) in [5.41, 5.74) is 0. The van der Waals surface area contributed by atoms with Gasteiger partial charge in [-0.2, -0.15) is 0 Å². The van der Waals surface area contributed by atoms with E-state index in [2.05, 4.69) is 20.8 Å². The van der Waals surface area contributed by atoms with Gasteiger partial charge in [0.1, 0.15) is 0 Å². The lowest BCUT2D eigenvalue weighted by molar-refractivity contribution is -0.923. The van der Waals surface area contributed by atoms with Gasteiger partial charge in [-0.15, -0.1) is 0 Å². The summed E-state index contributed by atoms with van der Waals surface area (Å²) in [6.07, 6.45) is 1.13. The number of ether oxygens (including phenoxy) is 3. The van der Waals surface area contributed by atoms with Crippen LogP contribution in [0.25, 0.3) is 0 Å². The fourth-order valence-electron chi connectivity index (χ4n) is 2.11. The summed E-state index contributed by atoms with van der Waals surface area (Å²) < 4.78 is 17.0. The van der Waals surface area contributed by atoms with Crippen LogP contribution in [0.5, 0.6) is 0 Å². The van der Waals surface area contributed by atoms with E-state index in [1.54, 1.807) is 7.11 Å². The molecule has 0 bridgehead atoms. The van der Waals surface area contributed by atoms with E-state index in [0.717, 1.165) is 13.0 Å².